The Bertz CT molecular complexity index is 1500. The van der Waals surface area contributed by atoms with Crippen LogP contribution >= 0.6 is 11.3 Å². The standard InChI is InChI=1S/C24H25N5O5S2/c1-3-15-4-5-18-16(9-15)10-21(26-18)36(33,34)28-6-7-29(17(13-28)11-22(30)31)24(32)23-27-19-8-14(2)25-12-20(19)35-23/h1,4-5,9-10,14,17,25-26H,6-8,11-13H2,2H3,(H,30,31). The Balaban J connectivity index is 1.39. The number of rotatable bonds is 5. The second kappa shape index (κ2) is 9.33. The molecule has 1 aromatic carbocycles. The molecule has 188 valence electrons. The molecule has 3 aromatic rings. The molecular formula is C24H25N5O5S2. The summed E-state index contributed by atoms with van der Waals surface area (Å²) in [5, 5.41) is 13.8. The van der Waals surface area contributed by atoms with Crippen LogP contribution in [0.4, 0.5) is 0 Å². The summed E-state index contributed by atoms with van der Waals surface area (Å²) in [6.07, 6.45) is 5.79. The topological polar surface area (TPSA) is 136 Å². The number of hydrogen-bond donors (Lipinski definition) is 3. The lowest BCUT2D eigenvalue weighted by molar-refractivity contribution is -0.138. The van der Waals surface area contributed by atoms with Gasteiger partial charge in [0.15, 0.2) is 5.01 Å². The molecule has 3 N–H and O–H groups in total. The number of carboxylic acid groups (broad SMARTS) is 1. The van der Waals surface area contributed by atoms with Crippen LogP contribution in [0.1, 0.15) is 39.3 Å². The van der Waals surface area contributed by atoms with E-state index in [1.54, 1.807) is 18.2 Å². The van der Waals surface area contributed by atoms with Gasteiger partial charge in [-0.25, -0.2) is 13.4 Å². The number of amides is 1. The number of carbonyl (C=O) groups excluding carboxylic acids is 1. The van der Waals surface area contributed by atoms with Crippen LogP contribution < -0.4 is 5.32 Å². The molecule has 1 saturated heterocycles. The lowest BCUT2D eigenvalue weighted by atomic mass is 10.1. The summed E-state index contributed by atoms with van der Waals surface area (Å²) in [6, 6.07) is 6.11. The van der Waals surface area contributed by atoms with E-state index in [1.807, 2.05) is 6.92 Å². The second-order valence-electron chi connectivity index (χ2n) is 9.07. The number of aliphatic carboxylic acids is 1. The molecule has 2 aromatic heterocycles. The van der Waals surface area contributed by atoms with Gasteiger partial charge >= 0.3 is 5.97 Å². The van der Waals surface area contributed by atoms with Crippen molar-refractivity contribution in [3.63, 3.8) is 0 Å². The average Bonchev–Trinajstić information content (AvgIpc) is 3.47. The van der Waals surface area contributed by atoms with Crippen molar-refractivity contribution in [2.75, 3.05) is 19.6 Å². The Hall–Kier alpha value is -3.24. The van der Waals surface area contributed by atoms with Crippen molar-refractivity contribution in [3.8, 4) is 12.3 Å². The van der Waals surface area contributed by atoms with Crippen molar-refractivity contribution < 1.29 is 23.1 Å². The third-order valence-corrected chi connectivity index (χ3v) is 9.44. The largest absolute Gasteiger partial charge is 0.481 e. The van der Waals surface area contributed by atoms with Crippen molar-refractivity contribution in [2.45, 2.75) is 43.4 Å². The first kappa shape index (κ1) is 24.5. The van der Waals surface area contributed by atoms with E-state index >= 15 is 0 Å². The number of carboxylic acids is 1. The van der Waals surface area contributed by atoms with Crippen molar-refractivity contribution in [3.05, 3.63) is 45.4 Å². The third-order valence-electron chi connectivity index (χ3n) is 6.57. The molecule has 0 aliphatic carbocycles. The fourth-order valence-electron chi connectivity index (χ4n) is 4.69. The fourth-order valence-corrected chi connectivity index (χ4v) is 7.17. The van der Waals surface area contributed by atoms with Crippen molar-refractivity contribution in [1.82, 2.24) is 24.5 Å². The van der Waals surface area contributed by atoms with E-state index < -0.39 is 22.0 Å². The number of thiazole rings is 1. The van der Waals surface area contributed by atoms with Gasteiger partial charge in [-0.15, -0.1) is 17.8 Å². The highest BCUT2D eigenvalue weighted by Crippen LogP contribution is 2.28. The Morgan fingerprint density at radius 2 is 2.11 bits per heavy atom. The van der Waals surface area contributed by atoms with Crippen LogP contribution in [-0.4, -0.2) is 76.3 Å². The number of nitrogens with zero attached hydrogens (tertiary/aromatic N) is 3. The van der Waals surface area contributed by atoms with Crippen molar-refractivity contribution >= 4 is 44.1 Å². The zero-order chi connectivity index (χ0) is 25.6. The zero-order valence-corrected chi connectivity index (χ0v) is 21.2. The van der Waals surface area contributed by atoms with Crippen LogP contribution in [0.5, 0.6) is 0 Å². The predicted octanol–water partition coefficient (Wildman–Crippen LogP) is 1.63. The Kier molecular flexibility index (Phi) is 6.34. The van der Waals surface area contributed by atoms with E-state index in [1.165, 1.54) is 26.6 Å². The number of fused-ring (bicyclic) bond motifs is 2. The quantitative estimate of drug-likeness (QED) is 0.429. The number of terminal acetylenes is 1. The minimum atomic E-state index is -3.96. The van der Waals surface area contributed by atoms with Crippen molar-refractivity contribution in [1.29, 1.82) is 0 Å². The molecule has 12 heteroatoms. The summed E-state index contributed by atoms with van der Waals surface area (Å²) in [5.74, 6) is 1.05. The van der Waals surface area contributed by atoms with Crippen LogP contribution in [0.2, 0.25) is 0 Å². The number of nitrogens with one attached hydrogen (secondary N) is 2. The lowest BCUT2D eigenvalue weighted by Gasteiger charge is -2.39. The molecule has 36 heavy (non-hydrogen) atoms. The number of aromatic amines is 1. The number of piperazine rings is 1. The first-order valence-electron chi connectivity index (χ1n) is 11.5. The highest BCUT2D eigenvalue weighted by Gasteiger charge is 2.39. The molecule has 0 spiro atoms. The van der Waals surface area contributed by atoms with E-state index in [4.69, 9.17) is 6.42 Å². The smallest absolute Gasteiger partial charge is 0.305 e. The minimum absolute atomic E-state index is 0.00487. The first-order chi connectivity index (χ1) is 17.2. The zero-order valence-electron chi connectivity index (χ0n) is 19.5. The molecule has 0 bridgehead atoms. The summed E-state index contributed by atoms with van der Waals surface area (Å²) in [4.78, 5) is 34.9. The highest BCUT2D eigenvalue weighted by molar-refractivity contribution is 7.89. The summed E-state index contributed by atoms with van der Waals surface area (Å²) < 4.78 is 28.1. The minimum Gasteiger partial charge on any atom is -0.481 e. The molecule has 2 unspecified atom stereocenters. The SMILES string of the molecule is C#Cc1ccc2[nH]c(S(=O)(=O)N3CCN(C(=O)c4nc5c(s4)CNC(C)C5)C(CC(=O)O)C3)cc2c1. The molecule has 1 fully saturated rings. The average molecular weight is 528 g/mol. The van der Waals surface area contributed by atoms with Gasteiger partial charge in [-0.1, -0.05) is 5.92 Å². The molecule has 2 aliphatic rings. The van der Waals surface area contributed by atoms with Gasteiger partial charge in [0.05, 0.1) is 18.2 Å². The first-order valence-corrected chi connectivity index (χ1v) is 13.8. The summed E-state index contributed by atoms with van der Waals surface area (Å²) in [6.45, 7) is 2.66. The monoisotopic (exact) mass is 527 g/mol. The van der Waals surface area contributed by atoms with Gasteiger partial charge in [0.25, 0.3) is 15.9 Å². The van der Waals surface area contributed by atoms with Crippen LogP contribution in [0.15, 0.2) is 29.3 Å². The Morgan fingerprint density at radius 3 is 2.86 bits per heavy atom. The van der Waals surface area contributed by atoms with Crippen LogP contribution in [0, 0.1) is 12.3 Å². The maximum atomic E-state index is 13.4. The van der Waals surface area contributed by atoms with Gasteiger partial charge in [-0.2, -0.15) is 4.31 Å². The van der Waals surface area contributed by atoms with E-state index in [2.05, 4.69) is 21.2 Å². The summed E-state index contributed by atoms with van der Waals surface area (Å²) >= 11 is 1.31. The Labute approximate surface area is 212 Å². The Morgan fingerprint density at radius 1 is 1.31 bits per heavy atom. The van der Waals surface area contributed by atoms with E-state index in [0.717, 1.165) is 17.0 Å². The van der Waals surface area contributed by atoms with Gasteiger partial charge in [0.1, 0.15) is 5.03 Å². The molecule has 1 amide bonds. The van der Waals surface area contributed by atoms with Gasteiger partial charge in [-0.3, -0.25) is 9.59 Å². The van der Waals surface area contributed by atoms with Gasteiger partial charge in [0, 0.05) is 60.0 Å². The lowest BCUT2D eigenvalue weighted by Crippen LogP contribution is -2.57. The van der Waals surface area contributed by atoms with E-state index in [-0.39, 0.29) is 43.0 Å². The van der Waals surface area contributed by atoms with Crippen LogP contribution in [0.25, 0.3) is 10.9 Å². The maximum absolute atomic E-state index is 13.4. The van der Waals surface area contributed by atoms with E-state index in [9.17, 15) is 23.1 Å². The predicted molar refractivity (Wildman–Crippen MR) is 134 cm³/mol. The second-order valence-corrected chi connectivity index (χ2v) is 12.1. The molecule has 2 aliphatic heterocycles. The number of hydrogen-bond acceptors (Lipinski definition) is 7. The van der Waals surface area contributed by atoms with Crippen LogP contribution in [-0.2, 0) is 27.8 Å². The van der Waals surface area contributed by atoms with E-state index in [0.29, 0.717) is 28.0 Å². The number of H-pyrrole nitrogens is 1. The third kappa shape index (κ3) is 4.51. The fraction of sp³-hybridized carbons (Fsp3) is 0.375. The maximum Gasteiger partial charge on any atom is 0.305 e. The number of aromatic nitrogens is 2. The normalized spacial score (nSPS) is 20.7. The molecule has 4 heterocycles. The molecule has 10 nitrogen and oxygen atoms in total. The molecule has 5 rings (SSSR count). The number of benzene rings is 1. The highest BCUT2D eigenvalue weighted by atomic mass is 32.2. The van der Waals surface area contributed by atoms with Crippen molar-refractivity contribution in [2.24, 2.45) is 0 Å². The van der Waals surface area contributed by atoms with Gasteiger partial charge in [-0.05, 0) is 31.2 Å². The summed E-state index contributed by atoms with van der Waals surface area (Å²) in [5.41, 5.74) is 2.14. The number of carbonyl (C=O) groups is 2. The van der Waals surface area contributed by atoms with Gasteiger partial charge in [0.2, 0.25) is 0 Å². The molecule has 0 saturated carbocycles. The van der Waals surface area contributed by atoms with Crippen LogP contribution in [0.3, 0.4) is 0 Å². The number of sulfonamides is 1. The summed E-state index contributed by atoms with van der Waals surface area (Å²) in [7, 11) is -3.96. The molecule has 2 atom stereocenters. The molecular weight excluding hydrogens is 502 g/mol. The molecule has 0 radical (unpaired) electrons. The van der Waals surface area contributed by atoms with Gasteiger partial charge < -0.3 is 20.3 Å².